The van der Waals surface area contributed by atoms with Gasteiger partial charge in [-0.15, -0.1) is 0 Å². The van der Waals surface area contributed by atoms with Gasteiger partial charge in [-0.05, 0) is 72.1 Å². The number of anilines is 1. The van der Waals surface area contributed by atoms with Crippen molar-refractivity contribution < 1.29 is 24.2 Å². The molecule has 0 radical (unpaired) electrons. The number of ether oxygens (including phenoxy) is 2. The number of carbonyl (C=O) groups excluding carboxylic acids is 2. The zero-order valence-electron chi connectivity index (χ0n) is 22.4. The summed E-state index contributed by atoms with van der Waals surface area (Å²) in [5.41, 5.74) is 3.87. The van der Waals surface area contributed by atoms with Gasteiger partial charge in [0.2, 0.25) is 0 Å². The Morgan fingerprint density at radius 2 is 1.63 bits per heavy atom. The van der Waals surface area contributed by atoms with E-state index in [1.54, 1.807) is 43.5 Å². The monoisotopic (exact) mass is 562 g/mol. The lowest BCUT2D eigenvalue weighted by atomic mass is 9.95. The van der Waals surface area contributed by atoms with Crippen molar-refractivity contribution in [3.8, 4) is 11.5 Å². The van der Waals surface area contributed by atoms with Gasteiger partial charge in [0.1, 0.15) is 23.9 Å². The molecule has 1 fully saturated rings. The lowest BCUT2D eigenvalue weighted by Crippen LogP contribution is -2.29. The first kappa shape index (κ1) is 26.3. The maximum Gasteiger partial charge on any atom is 0.301 e. The third-order valence-electron chi connectivity index (χ3n) is 6.99. The minimum Gasteiger partial charge on any atom is -0.507 e. The first-order chi connectivity index (χ1) is 19.9. The van der Waals surface area contributed by atoms with Crippen LogP contribution in [-0.2, 0) is 16.2 Å². The average molecular weight is 563 g/mol. The second kappa shape index (κ2) is 10.9. The van der Waals surface area contributed by atoms with Gasteiger partial charge < -0.3 is 14.6 Å². The molecule has 1 aliphatic heterocycles. The quantitative estimate of drug-likeness (QED) is 0.133. The highest BCUT2D eigenvalue weighted by atomic mass is 32.1. The van der Waals surface area contributed by atoms with Crippen LogP contribution in [0.15, 0.2) is 103 Å². The minimum atomic E-state index is -0.887. The van der Waals surface area contributed by atoms with E-state index >= 15 is 0 Å². The van der Waals surface area contributed by atoms with Gasteiger partial charge in [-0.2, -0.15) is 0 Å². The summed E-state index contributed by atoms with van der Waals surface area (Å²) in [6.45, 7) is 2.39. The molecule has 7 nitrogen and oxygen atoms in total. The lowest BCUT2D eigenvalue weighted by Gasteiger charge is -2.23. The molecule has 0 aliphatic carbocycles. The molecule has 1 atom stereocenters. The fourth-order valence-corrected chi connectivity index (χ4v) is 5.95. The van der Waals surface area contributed by atoms with Crippen LogP contribution in [0, 0.1) is 6.92 Å². The van der Waals surface area contributed by atoms with Crippen molar-refractivity contribution >= 4 is 44.1 Å². The maximum atomic E-state index is 13.6. The Hall–Kier alpha value is -4.95. The van der Waals surface area contributed by atoms with E-state index in [2.05, 4.69) is 0 Å². The number of rotatable bonds is 7. The summed E-state index contributed by atoms with van der Waals surface area (Å²) in [6.07, 6.45) is 0. The Morgan fingerprint density at radius 1 is 0.927 bits per heavy atom. The molecule has 1 saturated heterocycles. The summed E-state index contributed by atoms with van der Waals surface area (Å²) >= 11 is 1.33. The lowest BCUT2D eigenvalue weighted by molar-refractivity contribution is -0.132. The first-order valence-electron chi connectivity index (χ1n) is 13.0. The molecule has 1 N–H and O–H groups in total. The number of amides is 1. The molecule has 2 heterocycles. The van der Waals surface area contributed by atoms with Crippen molar-refractivity contribution in [2.24, 2.45) is 0 Å². The fourth-order valence-electron chi connectivity index (χ4n) is 4.86. The van der Waals surface area contributed by atoms with Crippen LogP contribution in [0.3, 0.4) is 0 Å². The van der Waals surface area contributed by atoms with Crippen LogP contribution >= 0.6 is 11.3 Å². The molecule has 6 rings (SSSR count). The summed E-state index contributed by atoms with van der Waals surface area (Å²) in [5, 5.41) is 11.8. The summed E-state index contributed by atoms with van der Waals surface area (Å²) in [7, 11) is 1.55. The van der Waals surface area contributed by atoms with Crippen LogP contribution in [0.25, 0.3) is 16.0 Å². The Bertz CT molecular complexity index is 1780. The van der Waals surface area contributed by atoms with Crippen LogP contribution in [0.2, 0.25) is 0 Å². The number of hydrogen-bond donors (Lipinski definition) is 1. The molecule has 0 saturated carbocycles. The molecule has 1 aliphatic rings. The van der Waals surface area contributed by atoms with Crippen LogP contribution in [-0.4, -0.2) is 28.9 Å². The fraction of sp³-hybridized carbons (Fsp3) is 0.121. The van der Waals surface area contributed by atoms with Gasteiger partial charge in [-0.25, -0.2) is 4.98 Å². The number of thiazole rings is 1. The van der Waals surface area contributed by atoms with Crippen molar-refractivity contribution in [3.05, 3.63) is 125 Å². The largest absolute Gasteiger partial charge is 0.507 e. The Kier molecular flexibility index (Phi) is 6.99. The third-order valence-corrected chi connectivity index (χ3v) is 8.01. The van der Waals surface area contributed by atoms with Gasteiger partial charge in [0.25, 0.3) is 5.78 Å². The molecule has 1 unspecified atom stereocenters. The van der Waals surface area contributed by atoms with Crippen LogP contribution in [0.5, 0.6) is 11.5 Å². The highest BCUT2D eigenvalue weighted by Crippen LogP contribution is 2.44. The van der Waals surface area contributed by atoms with Crippen molar-refractivity contribution in [3.63, 3.8) is 0 Å². The van der Waals surface area contributed by atoms with Crippen LogP contribution in [0.4, 0.5) is 5.13 Å². The number of aryl methyl sites for hydroxylation is 1. The topological polar surface area (TPSA) is 89.0 Å². The van der Waals surface area contributed by atoms with Crippen molar-refractivity contribution in [1.29, 1.82) is 0 Å². The summed E-state index contributed by atoms with van der Waals surface area (Å²) in [4.78, 5) is 33.2. The zero-order valence-corrected chi connectivity index (χ0v) is 23.2. The summed E-state index contributed by atoms with van der Waals surface area (Å²) in [5.74, 6) is -0.539. The maximum absolute atomic E-state index is 13.6. The van der Waals surface area contributed by atoms with Gasteiger partial charge in [-0.3, -0.25) is 14.5 Å². The number of aliphatic hydroxyl groups is 1. The zero-order chi connectivity index (χ0) is 28.5. The van der Waals surface area contributed by atoms with Gasteiger partial charge in [0.15, 0.2) is 5.13 Å². The van der Waals surface area contributed by atoms with E-state index in [9.17, 15) is 14.7 Å². The van der Waals surface area contributed by atoms with Crippen molar-refractivity contribution in [2.45, 2.75) is 19.6 Å². The molecule has 5 aromatic rings. The molecule has 1 amide bonds. The second-order valence-corrected chi connectivity index (χ2v) is 10.7. The molecule has 204 valence electrons. The Labute approximate surface area is 240 Å². The molecule has 8 heteroatoms. The molecule has 4 aromatic carbocycles. The van der Waals surface area contributed by atoms with Gasteiger partial charge in [0.05, 0.1) is 28.9 Å². The number of fused-ring (bicyclic) bond motifs is 1. The number of hydrogen-bond acceptors (Lipinski definition) is 7. The SMILES string of the molecule is COc1ccc(/C(O)=C2\C(=O)C(=O)N(c3nc4ccc(C)cc4s3)C2c2ccc(OCc3ccccc3)cc2)cc1. The minimum absolute atomic E-state index is 0.00597. The highest BCUT2D eigenvalue weighted by molar-refractivity contribution is 7.22. The molecule has 1 aromatic heterocycles. The van der Waals surface area contributed by atoms with E-state index in [0.29, 0.717) is 34.4 Å². The number of Topliss-reactive ketones (excluding diaryl/α,β-unsaturated/α-hetero) is 1. The molecule has 41 heavy (non-hydrogen) atoms. The normalized spacial score (nSPS) is 16.3. The number of aromatic nitrogens is 1. The summed E-state index contributed by atoms with van der Waals surface area (Å²) < 4.78 is 12.1. The number of ketones is 1. The van der Waals surface area contributed by atoms with E-state index < -0.39 is 17.7 Å². The highest BCUT2D eigenvalue weighted by Gasteiger charge is 2.48. The van der Waals surface area contributed by atoms with Crippen LogP contribution in [0.1, 0.15) is 28.3 Å². The Morgan fingerprint density at radius 3 is 2.34 bits per heavy atom. The predicted octanol–water partition coefficient (Wildman–Crippen LogP) is 6.82. The van der Waals surface area contributed by atoms with E-state index in [0.717, 1.165) is 21.3 Å². The van der Waals surface area contributed by atoms with Crippen molar-refractivity contribution in [1.82, 2.24) is 4.98 Å². The van der Waals surface area contributed by atoms with Gasteiger partial charge >= 0.3 is 5.91 Å². The molecule has 0 spiro atoms. The number of methoxy groups -OCH3 is 1. The number of nitrogens with zero attached hydrogens (tertiary/aromatic N) is 2. The second-order valence-electron chi connectivity index (χ2n) is 9.71. The molecule has 0 bridgehead atoms. The van der Waals surface area contributed by atoms with Crippen LogP contribution < -0.4 is 14.4 Å². The average Bonchev–Trinajstić information content (AvgIpc) is 3.53. The van der Waals surface area contributed by atoms with Gasteiger partial charge in [0, 0.05) is 5.56 Å². The standard InChI is InChI=1S/C33H26N2O5S/c1-20-8-17-26-27(18-20)41-33(34-26)35-29(22-9-15-25(16-10-22)40-19-21-6-4-3-5-7-21)28(31(37)32(35)38)30(36)23-11-13-24(39-2)14-12-23/h3-18,29,36H,19H2,1-2H3/b30-28+. The van der Waals surface area contributed by atoms with Crippen molar-refractivity contribution in [2.75, 3.05) is 12.0 Å². The first-order valence-corrected chi connectivity index (χ1v) is 13.8. The predicted molar refractivity (Wildman–Crippen MR) is 159 cm³/mol. The Balaban J connectivity index is 1.42. The summed E-state index contributed by atoms with van der Waals surface area (Å²) in [6, 6.07) is 28.7. The molecular formula is C33H26N2O5S. The van der Waals surface area contributed by atoms with E-state index in [-0.39, 0.29) is 11.3 Å². The number of benzene rings is 4. The van der Waals surface area contributed by atoms with E-state index in [4.69, 9.17) is 14.5 Å². The van der Waals surface area contributed by atoms with E-state index in [1.165, 1.54) is 16.2 Å². The number of aliphatic hydroxyl groups excluding tert-OH is 1. The smallest absolute Gasteiger partial charge is 0.301 e. The number of carbonyl (C=O) groups is 2. The van der Waals surface area contributed by atoms with E-state index in [1.807, 2.05) is 67.6 Å². The molecular weight excluding hydrogens is 536 g/mol. The third kappa shape index (κ3) is 5.05. The van der Waals surface area contributed by atoms with Gasteiger partial charge in [-0.1, -0.05) is 59.9 Å².